The van der Waals surface area contributed by atoms with Crippen LogP contribution in [0.1, 0.15) is 26.3 Å². The van der Waals surface area contributed by atoms with Crippen molar-refractivity contribution in [1.82, 2.24) is 10.2 Å². The van der Waals surface area contributed by atoms with E-state index in [1.54, 1.807) is 26.8 Å². The van der Waals surface area contributed by atoms with Crippen LogP contribution < -0.4 is 5.32 Å². The van der Waals surface area contributed by atoms with Gasteiger partial charge in [0, 0.05) is 10.6 Å². The van der Waals surface area contributed by atoms with Crippen molar-refractivity contribution in [2.24, 2.45) is 0 Å². The van der Waals surface area contributed by atoms with Crippen molar-refractivity contribution in [1.29, 1.82) is 0 Å². The van der Waals surface area contributed by atoms with Gasteiger partial charge >= 0.3 is 0 Å². The van der Waals surface area contributed by atoms with Crippen LogP contribution in [0.5, 0.6) is 0 Å². The highest BCUT2D eigenvalue weighted by Crippen LogP contribution is 2.27. The normalized spacial score (nSPS) is 21.9. The Labute approximate surface area is 121 Å². The summed E-state index contributed by atoms with van der Waals surface area (Å²) in [4.78, 5) is 25.6. The molecule has 1 saturated heterocycles. The van der Waals surface area contributed by atoms with Gasteiger partial charge in [0.2, 0.25) is 11.8 Å². The number of amides is 2. The molecule has 4 nitrogen and oxygen atoms in total. The molecule has 6 heteroatoms. The number of carbonyl (C=O) groups is 2. The molecular weight excluding hydrogens is 283 g/mol. The van der Waals surface area contributed by atoms with Gasteiger partial charge in [0.1, 0.15) is 17.4 Å². The monoisotopic (exact) mass is 298 g/mol. The van der Waals surface area contributed by atoms with Gasteiger partial charge in [0.25, 0.3) is 0 Å². The number of nitrogens with zero attached hydrogens (tertiary/aromatic N) is 1. The molecule has 1 N–H and O–H groups in total. The van der Waals surface area contributed by atoms with Crippen molar-refractivity contribution in [3.8, 4) is 0 Å². The first-order chi connectivity index (χ1) is 9.25. The first kappa shape index (κ1) is 14.8. The third-order valence-corrected chi connectivity index (χ3v) is 3.95. The lowest BCUT2D eigenvalue weighted by Crippen LogP contribution is -2.67. The van der Waals surface area contributed by atoms with Crippen LogP contribution in [0.2, 0.25) is 5.02 Å². The predicted molar refractivity (Wildman–Crippen MR) is 73.6 cm³/mol. The Hall–Kier alpha value is -1.62. The molecule has 0 aliphatic carbocycles. The Morgan fingerprint density at radius 3 is 2.65 bits per heavy atom. The highest BCUT2D eigenvalue weighted by Gasteiger charge is 2.45. The number of benzene rings is 1. The summed E-state index contributed by atoms with van der Waals surface area (Å²) in [6.07, 6.45) is 0. The van der Waals surface area contributed by atoms with Crippen LogP contribution in [0.4, 0.5) is 4.39 Å². The summed E-state index contributed by atoms with van der Waals surface area (Å²) < 4.78 is 13.9. The smallest absolute Gasteiger partial charge is 0.246 e. The molecule has 0 spiro atoms. The van der Waals surface area contributed by atoms with Crippen molar-refractivity contribution >= 4 is 23.4 Å². The van der Waals surface area contributed by atoms with E-state index in [9.17, 15) is 14.0 Å². The van der Waals surface area contributed by atoms with Gasteiger partial charge in [0.15, 0.2) is 0 Å². The average molecular weight is 299 g/mol. The molecule has 1 heterocycles. The molecule has 0 saturated carbocycles. The van der Waals surface area contributed by atoms with Crippen LogP contribution in [0.3, 0.4) is 0 Å². The summed E-state index contributed by atoms with van der Waals surface area (Å²) in [5, 5.41) is 2.85. The van der Waals surface area contributed by atoms with E-state index in [2.05, 4.69) is 5.32 Å². The van der Waals surface area contributed by atoms with Crippen molar-refractivity contribution in [2.45, 2.75) is 38.9 Å². The average Bonchev–Trinajstić information content (AvgIpc) is 2.35. The molecule has 2 rings (SSSR count). The van der Waals surface area contributed by atoms with Gasteiger partial charge in [-0.25, -0.2) is 4.39 Å². The lowest BCUT2D eigenvalue weighted by molar-refractivity contribution is -0.155. The van der Waals surface area contributed by atoms with Gasteiger partial charge < -0.3 is 10.2 Å². The fourth-order valence-electron chi connectivity index (χ4n) is 2.18. The molecule has 1 aliphatic heterocycles. The quantitative estimate of drug-likeness (QED) is 0.909. The van der Waals surface area contributed by atoms with Crippen LogP contribution in [0.15, 0.2) is 18.2 Å². The number of piperazine rings is 1. The summed E-state index contributed by atoms with van der Waals surface area (Å²) in [7, 11) is 0. The minimum atomic E-state index is -1.05. The van der Waals surface area contributed by atoms with E-state index in [0.29, 0.717) is 0 Å². The second-order valence-corrected chi connectivity index (χ2v) is 5.79. The van der Waals surface area contributed by atoms with E-state index in [1.807, 2.05) is 0 Å². The maximum atomic E-state index is 13.9. The number of hydrogen-bond donors (Lipinski definition) is 1. The topological polar surface area (TPSA) is 49.4 Å². The largest absolute Gasteiger partial charge is 0.343 e. The molecule has 20 heavy (non-hydrogen) atoms. The molecule has 1 atom stereocenters. The van der Waals surface area contributed by atoms with Gasteiger partial charge in [-0.1, -0.05) is 17.7 Å². The Morgan fingerprint density at radius 1 is 1.40 bits per heavy atom. The summed E-state index contributed by atoms with van der Waals surface area (Å²) in [6.45, 7) is 4.82. The summed E-state index contributed by atoms with van der Waals surface area (Å²) in [6, 6.07) is 3.72. The van der Waals surface area contributed by atoms with E-state index in [-0.39, 0.29) is 28.9 Å². The lowest BCUT2D eigenvalue weighted by Gasteiger charge is -2.43. The Kier molecular flexibility index (Phi) is 3.73. The molecule has 1 fully saturated rings. The molecule has 0 radical (unpaired) electrons. The van der Waals surface area contributed by atoms with Crippen LogP contribution in [-0.4, -0.2) is 28.3 Å². The molecule has 1 aromatic rings. The Morgan fingerprint density at radius 2 is 2.05 bits per heavy atom. The highest BCUT2D eigenvalue weighted by atomic mass is 35.5. The molecule has 0 bridgehead atoms. The lowest BCUT2D eigenvalue weighted by atomic mass is 9.95. The molecule has 1 aliphatic rings. The number of carbonyl (C=O) groups excluding carboxylic acids is 2. The molecule has 0 aromatic heterocycles. The second kappa shape index (κ2) is 5.05. The summed E-state index contributed by atoms with van der Waals surface area (Å²) >= 11 is 5.98. The zero-order valence-electron chi connectivity index (χ0n) is 11.5. The van der Waals surface area contributed by atoms with E-state index in [1.165, 1.54) is 17.0 Å². The fourth-order valence-corrected chi connectivity index (χ4v) is 2.41. The predicted octanol–water partition coefficient (Wildman–Crippen LogP) is 2.10. The first-order valence-corrected chi connectivity index (χ1v) is 6.68. The van der Waals surface area contributed by atoms with Gasteiger partial charge in [-0.3, -0.25) is 9.59 Å². The van der Waals surface area contributed by atoms with Crippen LogP contribution in [0.25, 0.3) is 0 Å². The third kappa shape index (κ3) is 2.38. The van der Waals surface area contributed by atoms with Crippen LogP contribution in [-0.2, 0) is 16.1 Å². The molecule has 1 unspecified atom stereocenters. The fraction of sp³-hybridized carbons (Fsp3) is 0.429. The standard InChI is InChI=1S/C14H16ClFN2O2/c1-8-12(19)18(14(2,3)13(20)17-8)7-9-10(15)5-4-6-11(9)16/h4-6,8H,7H2,1-3H3,(H,17,20). The second-order valence-electron chi connectivity index (χ2n) is 5.38. The molecule has 1 aromatic carbocycles. The molecular formula is C14H16ClFN2O2. The van der Waals surface area contributed by atoms with Crippen molar-refractivity contribution in [3.05, 3.63) is 34.6 Å². The minimum absolute atomic E-state index is 0.0326. The van der Waals surface area contributed by atoms with E-state index < -0.39 is 17.4 Å². The van der Waals surface area contributed by atoms with Crippen molar-refractivity contribution in [3.63, 3.8) is 0 Å². The zero-order valence-corrected chi connectivity index (χ0v) is 12.3. The van der Waals surface area contributed by atoms with Gasteiger partial charge in [-0.15, -0.1) is 0 Å². The number of halogens is 2. The Balaban J connectivity index is 2.39. The van der Waals surface area contributed by atoms with Gasteiger partial charge in [-0.05, 0) is 32.9 Å². The van der Waals surface area contributed by atoms with Gasteiger partial charge in [-0.2, -0.15) is 0 Å². The number of hydrogen-bond acceptors (Lipinski definition) is 2. The zero-order chi connectivity index (χ0) is 15.1. The third-order valence-electron chi connectivity index (χ3n) is 3.59. The van der Waals surface area contributed by atoms with Crippen molar-refractivity contribution < 1.29 is 14.0 Å². The Bertz CT molecular complexity index is 554. The maximum absolute atomic E-state index is 13.9. The molecule has 2 amide bonds. The number of rotatable bonds is 2. The highest BCUT2D eigenvalue weighted by molar-refractivity contribution is 6.31. The van der Waals surface area contributed by atoms with E-state index >= 15 is 0 Å². The number of nitrogens with one attached hydrogen (secondary N) is 1. The van der Waals surface area contributed by atoms with Crippen molar-refractivity contribution in [2.75, 3.05) is 0 Å². The van der Waals surface area contributed by atoms with E-state index in [0.717, 1.165) is 0 Å². The van der Waals surface area contributed by atoms with Crippen LogP contribution in [0, 0.1) is 5.82 Å². The summed E-state index contributed by atoms with van der Waals surface area (Å²) in [5.74, 6) is -1.01. The van der Waals surface area contributed by atoms with Gasteiger partial charge in [0.05, 0.1) is 6.54 Å². The van der Waals surface area contributed by atoms with E-state index in [4.69, 9.17) is 11.6 Å². The SMILES string of the molecule is CC1NC(=O)C(C)(C)N(Cc2c(F)cccc2Cl)C1=O. The summed E-state index contributed by atoms with van der Waals surface area (Å²) in [5.41, 5.74) is -0.827. The minimum Gasteiger partial charge on any atom is -0.343 e. The maximum Gasteiger partial charge on any atom is 0.246 e. The van der Waals surface area contributed by atoms with Crippen LogP contribution >= 0.6 is 11.6 Å². The first-order valence-electron chi connectivity index (χ1n) is 6.30. The molecule has 108 valence electrons.